The molecule has 0 aliphatic rings. The van der Waals surface area contributed by atoms with E-state index >= 15 is 0 Å². The first-order valence-corrected chi connectivity index (χ1v) is 21.2. The minimum absolute atomic E-state index is 1.17. The van der Waals surface area contributed by atoms with Crippen molar-refractivity contribution in [2.24, 2.45) is 0 Å². The lowest BCUT2D eigenvalue weighted by atomic mass is 9.85. The monoisotopic (exact) mass is 771 g/mol. The molecule has 1 aromatic heterocycles. The summed E-state index contributed by atoms with van der Waals surface area (Å²) in [6.07, 6.45) is 0. The highest BCUT2D eigenvalue weighted by atomic mass is 15.0. The van der Waals surface area contributed by atoms with Crippen molar-refractivity contribution in [1.82, 2.24) is 4.57 Å². The van der Waals surface area contributed by atoms with Crippen LogP contribution in [0.4, 0.5) is 0 Å². The highest BCUT2D eigenvalue weighted by Crippen LogP contribution is 2.46. The van der Waals surface area contributed by atoms with E-state index in [0.29, 0.717) is 0 Å². The number of nitrogens with zero attached hydrogens (tertiary/aromatic N) is 1. The molecule has 0 aliphatic heterocycles. The fourth-order valence-electron chi connectivity index (χ4n) is 10.4. The van der Waals surface area contributed by atoms with E-state index in [1.165, 1.54) is 126 Å². The molecule has 282 valence electrons. The summed E-state index contributed by atoms with van der Waals surface area (Å²) >= 11 is 0. The van der Waals surface area contributed by atoms with E-state index < -0.39 is 0 Å². The first kappa shape index (κ1) is 33.9. The molecular formula is C60H37N. The predicted octanol–water partition coefficient (Wildman–Crippen LogP) is 16.7. The standard InChI is InChI=1S/C60H37N/c1-3-15-38(16-4-1)39-27-30-52-54(35-39)47-21-9-11-24-50(47)60-53-31-28-40(36-55(53)48-22-10-12-25-51(48)59(52)60)43-32-33-44(46-20-8-7-19-45(43)46)41-29-34-58-56(37-41)49-23-13-14-26-57(49)61(58)42-17-5-2-6-18-42/h1-37H. The Morgan fingerprint density at radius 3 is 1.23 bits per heavy atom. The van der Waals surface area contributed by atoms with Crippen LogP contribution in [0.1, 0.15) is 0 Å². The summed E-state index contributed by atoms with van der Waals surface area (Å²) in [5.74, 6) is 0. The van der Waals surface area contributed by atoms with Gasteiger partial charge in [-0.2, -0.15) is 0 Å². The maximum absolute atomic E-state index is 2.44. The Morgan fingerprint density at radius 2 is 0.623 bits per heavy atom. The Kier molecular flexibility index (Phi) is 7.37. The molecule has 0 saturated heterocycles. The van der Waals surface area contributed by atoms with E-state index in [0.717, 1.165) is 0 Å². The topological polar surface area (TPSA) is 4.93 Å². The van der Waals surface area contributed by atoms with Crippen molar-refractivity contribution >= 4 is 86.4 Å². The van der Waals surface area contributed by atoms with E-state index in [-0.39, 0.29) is 0 Å². The molecule has 0 saturated carbocycles. The van der Waals surface area contributed by atoms with Gasteiger partial charge in [-0.25, -0.2) is 0 Å². The maximum atomic E-state index is 2.44. The second-order valence-electron chi connectivity index (χ2n) is 16.4. The van der Waals surface area contributed by atoms with Crippen molar-refractivity contribution in [1.29, 1.82) is 0 Å². The predicted molar refractivity (Wildman–Crippen MR) is 262 cm³/mol. The number of benzene rings is 12. The minimum atomic E-state index is 1.17. The highest BCUT2D eigenvalue weighted by Gasteiger charge is 2.19. The van der Waals surface area contributed by atoms with Crippen LogP contribution >= 0.6 is 0 Å². The molecule has 0 aliphatic carbocycles. The van der Waals surface area contributed by atoms with Gasteiger partial charge in [0.25, 0.3) is 0 Å². The van der Waals surface area contributed by atoms with E-state index in [9.17, 15) is 0 Å². The molecule has 0 fully saturated rings. The van der Waals surface area contributed by atoms with Gasteiger partial charge in [0.1, 0.15) is 0 Å². The minimum Gasteiger partial charge on any atom is -0.309 e. The summed E-state index contributed by atoms with van der Waals surface area (Å²) in [6.45, 7) is 0. The third kappa shape index (κ3) is 5.08. The van der Waals surface area contributed by atoms with Gasteiger partial charge in [0.05, 0.1) is 11.0 Å². The zero-order valence-corrected chi connectivity index (χ0v) is 33.3. The second kappa shape index (κ2) is 13.3. The normalized spacial score (nSPS) is 11.9. The van der Waals surface area contributed by atoms with Crippen molar-refractivity contribution in [2.75, 3.05) is 0 Å². The zero-order chi connectivity index (χ0) is 40.0. The maximum Gasteiger partial charge on any atom is 0.0541 e. The molecule has 0 unspecified atom stereocenters. The summed E-state index contributed by atoms with van der Waals surface area (Å²) < 4.78 is 2.38. The van der Waals surface area contributed by atoms with Gasteiger partial charge in [-0.3, -0.25) is 0 Å². The number of para-hydroxylation sites is 2. The molecule has 12 aromatic carbocycles. The molecule has 13 rings (SSSR count). The fraction of sp³-hybridized carbons (Fsp3) is 0. The van der Waals surface area contributed by atoms with Crippen LogP contribution in [0.3, 0.4) is 0 Å². The largest absolute Gasteiger partial charge is 0.309 e. The lowest BCUT2D eigenvalue weighted by Crippen LogP contribution is -1.93. The highest BCUT2D eigenvalue weighted by molar-refractivity contribution is 6.39. The molecule has 0 amide bonds. The summed E-state index contributed by atoms with van der Waals surface area (Å²) in [5.41, 5.74) is 11.0. The molecule has 0 N–H and O–H groups in total. The molecule has 0 spiro atoms. The van der Waals surface area contributed by atoms with E-state index in [1.54, 1.807) is 0 Å². The SMILES string of the molecule is c1ccc(-c2ccc3c(c2)c2ccccc2c2c4ccc(-c5ccc(-c6ccc7c(c6)c6ccccc6n7-c6ccccc6)c6ccccc56)cc4c4ccccc4c32)cc1. The van der Waals surface area contributed by atoms with Crippen LogP contribution in [0.15, 0.2) is 224 Å². The van der Waals surface area contributed by atoms with Crippen molar-refractivity contribution in [3.63, 3.8) is 0 Å². The fourth-order valence-corrected chi connectivity index (χ4v) is 10.4. The first-order valence-electron chi connectivity index (χ1n) is 21.2. The average molecular weight is 772 g/mol. The van der Waals surface area contributed by atoms with Crippen molar-refractivity contribution in [3.8, 4) is 39.1 Å². The summed E-state index contributed by atoms with van der Waals surface area (Å²) in [6, 6.07) is 83.0. The molecule has 0 atom stereocenters. The molecule has 1 heterocycles. The van der Waals surface area contributed by atoms with E-state index in [1.807, 2.05) is 0 Å². The summed E-state index contributed by atoms with van der Waals surface area (Å²) in [7, 11) is 0. The van der Waals surface area contributed by atoms with Gasteiger partial charge < -0.3 is 4.57 Å². The number of hydrogen-bond donors (Lipinski definition) is 0. The molecule has 0 bridgehead atoms. The van der Waals surface area contributed by atoms with Crippen molar-refractivity contribution < 1.29 is 0 Å². The van der Waals surface area contributed by atoms with E-state index in [2.05, 4.69) is 229 Å². The Bertz CT molecular complexity index is 3910. The number of rotatable bonds is 4. The van der Waals surface area contributed by atoms with Crippen molar-refractivity contribution in [3.05, 3.63) is 224 Å². The van der Waals surface area contributed by atoms with Crippen LogP contribution in [0.2, 0.25) is 0 Å². The van der Waals surface area contributed by atoms with Crippen LogP contribution in [-0.2, 0) is 0 Å². The zero-order valence-electron chi connectivity index (χ0n) is 33.3. The molecule has 61 heavy (non-hydrogen) atoms. The first-order chi connectivity index (χ1) is 30.3. The number of hydrogen-bond acceptors (Lipinski definition) is 0. The van der Waals surface area contributed by atoms with E-state index in [4.69, 9.17) is 0 Å². The number of fused-ring (bicyclic) bond motifs is 15. The lowest BCUT2D eigenvalue weighted by Gasteiger charge is -2.18. The van der Waals surface area contributed by atoms with Crippen molar-refractivity contribution in [2.45, 2.75) is 0 Å². The Labute approximate surface area is 353 Å². The third-order valence-corrected chi connectivity index (χ3v) is 13.1. The number of aromatic nitrogens is 1. The summed E-state index contributed by atoms with van der Waals surface area (Å²) in [4.78, 5) is 0. The Morgan fingerprint density at radius 1 is 0.213 bits per heavy atom. The molecule has 1 heteroatoms. The molecular weight excluding hydrogens is 735 g/mol. The van der Waals surface area contributed by atoms with Gasteiger partial charge in [-0.05, 0) is 140 Å². The second-order valence-corrected chi connectivity index (χ2v) is 16.4. The third-order valence-electron chi connectivity index (χ3n) is 13.1. The smallest absolute Gasteiger partial charge is 0.0541 e. The van der Waals surface area contributed by atoms with Gasteiger partial charge in [-0.1, -0.05) is 182 Å². The molecule has 0 radical (unpaired) electrons. The van der Waals surface area contributed by atoms with Gasteiger partial charge in [-0.15, -0.1) is 0 Å². The van der Waals surface area contributed by atoms with Gasteiger partial charge in [0, 0.05) is 16.5 Å². The molecule has 1 nitrogen and oxygen atoms in total. The van der Waals surface area contributed by atoms with Crippen LogP contribution in [0, 0.1) is 0 Å². The van der Waals surface area contributed by atoms with Crippen LogP contribution < -0.4 is 0 Å². The molecule has 13 aromatic rings. The van der Waals surface area contributed by atoms with Crippen LogP contribution in [0.5, 0.6) is 0 Å². The van der Waals surface area contributed by atoms with Gasteiger partial charge >= 0.3 is 0 Å². The van der Waals surface area contributed by atoms with Crippen LogP contribution in [-0.4, -0.2) is 4.57 Å². The van der Waals surface area contributed by atoms with Gasteiger partial charge in [0.2, 0.25) is 0 Å². The van der Waals surface area contributed by atoms with Crippen LogP contribution in [0.25, 0.3) is 126 Å². The average Bonchev–Trinajstić information content (AvgIpc) is 3.67. The Balaban J connectivity index is 1.02. The quantitative estimate of drug-likeness (QED) is 0.157. The summed E-state index contributed by atoms with van der Waals surface area (Å²) in [5, 5.41) is 17.9. The van der Waals surface area contributed by atoms with Gasteiger partial charge in [0.15, 0.2) is 0 Å². The Hall–Kier alpha value is -8.00. The lowest BCUT2D eigenvalue weighted by molar-refractivity contribution is 1.18.